The molecule has 1 aromatic carbocycles. The fourth-order valence-corrected chi connectivity index (χ4v) is 4.36. The Hall–Kier alpha value is -3.06. The predicted octanol–water partition coefficient (Wildman–Crippen LogP) is 3.88. The van der Waals surface area contributed by atoms with Crippen molar-refractivity contribution in [2.45, 2.75) is 38.2 Å². The molecule has 2 aliphatic carbocycles. The average molecular weight is 421 g/mol. The van der Waals surface area contributed by atoms with Crippen molar-refractivity contribution in [2.75, 3.05) is 19.0 Å². The summed E-state index contributed by atoms with van der Waals surface area (Å²) in [7, 11) is 1.56. The first-order chi connectivity index (χ1) is 15.1. The number of nitrogens with zero attached hydrogens (tertiary/aromatic N) is 1. The first kappa shape index (κ1) is 19.9. The molecule has 160 valence electrons. The lowest BCUT2D eigenvalue weighted by Gasteiger charge is -2.14. The Kier molecular flexibility index (Phi) is 5.06. The standard InChI is InChI=1S/C24H24FN3O3/c1-26-24(30)19-12-27-22(28-23(29)13-7-8-13)18-11-14(10-17(18)19)15-4-2-5-16(21(15)25)20-6-3-9-31-20/h2,4-5,10,12-13,20H,3,6-9,11H2,1H3,(H,26,30)(H,27,28,29). The zero-order valence-corrected chi connectivity index (χ0v) is 17.3. The number of carbonyl (C=O) groups excluding carboxylic acids is 2. The molecule has 3 aliphatic rings. The van der Waals surface area contributed by atoms with Crippen molar-refractivity contribution < 1.29 is 18.7 Å². The number of pyridine rings is 1. The van der Waals surface area contributed by atoms with E-state index in [4.69, 9.17) is 4.74 Å². The molecule has 2 amide bonds. The molecule has 2 fully saturated rings. The Morgan fingerprint density at radius 3 is 2.77 bits per heavy atom. The van der Waals surface area contributed by atoms with Gasteiger partial charge < -0.3 is 15.4 Å². The Morgan fingerprint density at radius 1 is 1.23 bits per heavy atom. The monoisotopic (exact) mass is 421 g/mol. The molecule has 2 aromatic rings. The van der Waals surface area contributed by atoms with Crippen LogP contribution in [0, 0.1) is 11.7 Å². The molecule has 7 heteroatoms. The van der Waals surface area contributed by atoms with Crippen molar-refractivity contribution in [2.24, 2.45) is 5.92 Å². The van der Waals surface area contributed by atoms with Crippen molar-refractivity contribution in [1.82, 2.24) is 10.3 Å². The lowest BCUT2D eigenvalue weighted by Crippen LogP contribution is -2.21. The first-order valence-electron chi connectivity index (χ1n) is 10.7. The summed E-state index contributed by atoms with van der Waals surface area (Å²) in [4.78, 5) is 29.1. The molecule has 6 nitrogen and oxygen atoms in total. The van der Waals surface area contributed by atoms with Crippen LogP contribution >= 0.6 is 0 Å². The third kappa shape index (κ3) is 3.63. The Morgan fingerprint density at radius 2 is 2.06 bits per heavy atom. The number of amides is 2. The highest BCUT2D eigenvalue weighted by Crippen LogP contribution is 2.40. The van der Waals surface area contributed by atoms with E-state index in [0.29, 0.717) is 41.1 Å². The predicted molar refractivity (Wildman–Crippen MR) is 115 cm³/mol. The van der Waals surface area contributed by atoms with Crippen LogP contribution in [-0.4, -0.2) is 30.5 Å². The number of benzene rings is 1. The average Bonchev–Trinajstić information content (AvgIpc) is 3.30. The minimum Gasteiger partial charge on any atom is -0.373 e. The van der Waals surface area contributed by atoms with E-state index in [-0.39, 0.29) is 29.7 Å². The number of allylic oxidation sites excluding steroid dienone is 1. The molecule has 0 radical (unpaired) electrons. The SMILES string of the molecule is CNC(=O)c1cnc(NC(=O)C2CC2)c2c1C=C(c1cccc(C3CCCO3)c1F)C2. The first-order valence-corrected chi connectivity index (χ1v) is 10.7. The number of fused-ring (bicyclic) bond motifs is 1. The van der Waals surface area contributed by atoms with Gasteiger partial charge in [-0.15, -0.1) is 0 Å². The Bertz CT molecular complexity index is 1100. The summed E-state index contributed by atoms with van der Waals surface area (Å²) in [5, 5.41) is 5.53. The van der Waals surface area contributed by atoms with Gasteiger partial charge in [-0.05, 0) is 42.9 Å². The smallest absolute Gasteiger partial charge is 0.253 e. The second-order valence-electron chi connectivity index (χ2n) is 8.31. The normalized spacial score (nSPS) is 19.7. The van der Waals surface area contributed by atoms with Crippen LogP contribution < -0.4 is 10.6 Å². The third-order valence-electron chi connectivity index (χ3n) is 6.22. The fraction of sp³-hybridized carbons (Fsp3) is 0.375. The number of hydrogen-bond donors (Lipinski definition) is 2. The van der Waals surface area contributed by atoms with E-state index in [1.54, 1.807) is 19.2 Å². The lowest BCUT2D eigenvalue weighted by atomic mass is 9.97. The highest BCUT2D eigenvalue weighted by molar-refractivity contribution is 6.04. The van der Waals surface area contributed by atoms with Crippen LogP contribution in [0.2, 0.25) is 0 Å². The number of anilines is 1. The minimum atomic E-state index is -0.286. The van der Waals surface area contributed by atoms with Crippen LogP contribution in [0.4, 0.5) is 10.2 Å². The maximum Gasteiger partial charge on any atom is 0.253 e. The van der Waals surface area contributed by atoms with Gasteiger partial charge in [0.2, 0.25) is 5.91 Å². The highest BCUT2D eigenvalue weighted by Gasteiger charge is 2.32. The molecule has 5 rings (SSSR count). The van der Waals surface area contributed by atoms with Crippen LogP contribution in [0.5, 0.6) is 0 Å². The van der Waals surface area contributed by atoms with Crippen LogP contribution in [0.25, 0.3) is 11.6 Å². The van der Waals surface area contributed by atoms with Gasteiger partial charge in [0.05, 0.1) is 11.7 Å². The van der Waals surface area contributed by atoms with E-state index in [1.165, 1.54) is 6.20 Å². The summed E-state index contributed by atoms with van der Waals surface area (Å²) in [6.07, 6.45) is 6.98. The summed E-state index contributed by atoms with van der Waals surface area (Å²) >= 11 is 0. The summed E-state index contributed by atoms with van der Waals surface area (Å²) in [5.41, 5.74) is 3.65. The van der Waals surface area contributed by atoms with Crippen LogP contribution in [0.15, 0.2) is 24.4 Å². The van der Waals surface area contributed by atoms with Crippen molar-refractivity contribution in [3.8, 4) is 0 Å². The van der Waals surface area contributed by atoms with E-state index in [9.17, 15) is 9.59 Å². The number of nitrogens with one attached hydrogen (secondary N) is 2. The fourth-order valence-electron chi connectivity index (χ4n) is 4.36. The molecular weight excluding hydrogens is 397 g/mol. The summed E-state index contributed by atoms with van der Waals surface area (Å²) in [5.74, 6) is -0.129. The summed E-state index contributed by atoms with van der Waals surface area (Å²) in [6.45, 7) is 0.647. The largest absolute Gasteiger partial charge is 0.373 e. The van der Waals surface area contributed by atoms with Gasteiger partial charge in [-0.3, -0.25) is 9.59 Å². The number of ether oxygens (including phenoxy) is 1. The van der Waals surface area contributed by atoms with Crippen LogP contribution in [0.1, 0.15) is 64.4 Å². The van der Waals surface area contributed by atoms with Gasteiger partial charge in [0.15, 0.2) is 0 Å². The molecule has 31 heavy (non-hydrogen) atoms. The number of halogens is 1. The van der Waals surface area contributed by atoms with Crippen molar-refractivity contribution in [3.05, 3.63) is 58.0 Å². The van der Waals surface area contributed by atoms with E-state index < -0.39 is 0 Å². The van der Waals surface area contributed by atoms with E-state index >= 15 is 4.39 Å². The van der Waals surface area contributed by atoms with Crippen molar-refractivity contribution in [1.29, 1.82) is 0 Å². The maximum atomic E-state index is 15.5. The zero-order valence-electron chi connectivity index (χ0n) is 17.3. The molecule has 1 aliphatic heterocycles. The third-order valence-corrected chi connectivity index (χ3v) is 6.22. The second-order valence-corrected chi connectivity index (χ2v) is 8.31. The van der Waals surface area contributed by atoms with Gasteiger partial charge in [0.25, 0.3) is 5.91 Å². The topological polar surface area (TPSA) is 80.3 Å². The summed E-state index contributed by atoms with van der Waals surface area (Å²) < 4.78 is 21.1. The Balaban J connectivity index is 1.53. The van der Waals surface area contributed by atoms with Gasteiger partial charge in [0.1, 0.15) is 11.6 Å². The highest BCUT2D eigenvalue weighted by atomic mass is 19.1. The van der Waals surface area contributed by atoms with E-state index in [1.807, 2.05) is 12.1 Å². The molecule has 1 unspecified atom stereocenters. The number of hydrogen-bond acceptors (Lipinski definition) is 4. The lowest BCUT2D eigenvalue weighted by molar-refractivity contribution is -0.117. The molecule has 1 aromatic heterocycles. The maximum absolute atomic E-state index is 15.5. The van der Waals surface area contributed by atoms with Gasteiger partial charge >= 0.3 is 0 Å². The van der Waals surface area contributed by atoms with E-state index in [2.05, 4.69) is 15.6 Å². The minimum absolute atomic E-state index is 0.0328. The molecule has 1 saturated heterocycles. The molecule has 0 bridgehead atoms. The van der Waals surface area contributed by atoms with Gasteiger partial charge in [-0.25, -0.2) is 9.37 Å². The molecule has 2 N–H and O–H groups in total. The van der Waals surface area contributed by atoms with Gasteiger partial charge in [0, 0.05) is 48.9 Å². The molecule has 1 atom stereocenters. The zero-order chi connectivity index (χ0) is 21.5. The summed E-state index contributed by atoms with van der Waals surface area (Å²) in [6, 6.07) is 5.37. The Labute approximate surface area is 179 Å². The number of rotatable bonds is 5. The number of carbonyl (C=O) groups is 2. The molecule has 2 heterocycles. The quantitative estimate of drug-likeness (QED) is 0.768. The van der Waals surface area contributed by atoms with Crippen molar-refractivity contribution in [3.63, 3.8) is 0 Å². The molecular formula is C24H24FN3O3. The molecule has 1 saturated carbocycles. The van der Waals surface area contributed by atoms with Gasteiger partial charge in [-0.2, -0.15) is 0 Å². The number of aromatic nitrogens is 1. The van der Waals surface area contributed by atoms with Crippen LogP contribution in [-0.2, 0) is 16.0 Å². The van der Waals surface area contributed by atoms with E-state index in [0.717, 1.165) is 36.8 Å². The van der Waals surface area contributed by atoms with Gasteiger partial charge in [-0.1, -0.05) is 18.2 Å². The van der Waals surface area contributed by atoms with Crippen LogP contribution in [0.3, 0.4) is 0 Å². The second kappa shape index (κ2) is 7.89. The van der Waals surface area contributed by atoms with Crippen molar-refractivity contribution >= 4 is 29.3 Å². The molecule has 0 spiro atoms.